The summed E-state index contributed by atoms with van der Waals surface area (Å²) in [5.74, 6) is 0. The van der Waals surface area contributed by atoms with Crippen molar-refractivity contribution >= 4 is 0 Å². The van der Waals surface area contributed by atoms with Crippen molar-refractivity contribution < 1.29 is 0 Å². The highest BCUT2D eigenvalue weighted by Gasteiger charge is 2.33. The maximum Gasteiger partial charge on any atom is 0.0283 e. The molecule has 0 amide bonds. The number of hydrogen-bond acceptors (Lipinski definition) is 2. The Balaban J connectivity index is 1.81. The maximum absolute atomic E-state index is 6.33. The molecule has 0 aromatic rings. The summed E-state index contributed by atoms with van der Waals surface area (Å²) in [6.45, 7) is 1.12. The monoisotopic (exact) mass is 182 g/mol. The van der Waals surface area contributed by atoms with E-state index in [0.717, 1.165) is 12.6 Å². The topological polar surface area (TPSA) is 29.3 Å². The largest absolute Gasteiger partial charge is 0.324 e. The summed E-state index contributed by atoms with van der Waals surface area (Å²) in [5.41, 5.74) is 6.49. The molecule has 2 N–H and O–H groups in total. The van der Waals surface area contributed by atoms with Crippen molar-refractivity contribution in [1.29, 1.82) is 0 Å². The van der Waals surface area contributed by atoms with Gasteiger partial charge in [-0.2, -0.15) is 0 Å². The van der Waals surface area contributed by atoms with E-state index in [9.17, 15) is 0 Å². The second kappa shape index (κ2) is 3.58. The molecule has 2 rings (SSSR count). The standard InChI is InChI=1S/C11H22N2/c1-13(10-5-4-6-10)9-11(12)7-2-3-8-11/h10H,2-9,12H2,1H3. The molecule has 0 radical (unpaired) electrons. The summed E-state index contributed by atoms with van der Waals surface area (Å²) < 4.78 is 0. The molecule has 0 saturated heterocycles. The normalized spacial score (nSPS) is 27.9. The molecule has 2 aliphatic rings. The molecule has 0 aromatic heterocycles. The Labute approximate surface area is 81.5 Å². The second-order valence-electron chi connectivity index (χ2n) is 5.07. The third kappa shape index (κ3) is 2.05. The van der Waals surface area contributed by atoms with Crippen LogP contribution in [0.3, 0.4) is 0 Å². The Bertz CT molecular complexity index is 169. The summed E-state index contributed by atoms with van der Waals surface area (Å²) in [5, 5.41) is 0. The van der Waals surface area contributed by atoms with Gasteiger partial charge in [-0.15, -0.1) is 0 Å². The van der Waals surface area contributed by atoms with Gasteiger partial charge in [-0.25, -0.2) is 0 Å². The van der Waals surface area contributed by atoms with Crippen LogP contribution in [0.15, 0.2) is 0 Å². The summed E-state index contributed by atoms with van der Waals surface area (Å²) in [7, 11) is 2.25. The quantitative estimate of drug-likeness (QED) is 0.720. The molecule has 0 aromatic carbocycles. The van der Waals surface area contributed by atoms with Gasteiger partial charge in [0.2, 0.25) is 0 Å². The summed E-state index contributed by atoms with van der Waals surface area (Å²) >= 11 is 0. The maximum atomic E-state index is 6.33. The Kier molecular flexibility index (Phi) is 2.61. The van der Waals surface area contributed by atoms with Crippen LogP contribution in [0.2, 0.25) is 0 Å². The fourth-order valence-corrected chi connectivity index (χ4v) is 2.69. The smallest absolute Gasteiger partial charge is 0.0283 e. The highest BCUT2D eigenvalue weighted by molar-refractivity contribution is 4.93. The summed E-state index contributed by atoms with van der Waals surface area (Å²) in [4.78, 5) is 2.49. The van der Waals surface area contributed by atoms with Gasteiger partial charge >= 0.3 is 0 Å². The average molecular weight is 182 g/mol. The first kappa shape index (κ1) is 9.47. The molecule has 76 valence electrons. The zero-order chi connectivity index (χ0) is 9.31. The van der Waals surface area contributed by atoms with E-state index < -0.39 is 0 Å². The first-order chi connectivity index (χ1) is 6.20. The number of likely N-dealkylation sites (N-methyl/N-ethyl adjacent to an activating group) is 1. The van der Waals surface area contributed by atoms with Gasteiger partial charge in [-0.05, 0) is 32.7 Å². The molecular formula is C11H22N2. The first-order valence-corrected chi connectivity index (χ1v) is 5.69. The fraction of sp³-hybridized carbons (Fsp3) is 1.00. The Morgan fingerprint density at radius 2 is 1.85 bits per heavy atom. The molecule has 0 heterocycles. The first-order valence-electron chi connectivity index (χ1n) is 5.69. The Hall–Kier alpha value is -0.0800. The zero-order valence-electron chi connectivity index (χ0n) is 8.76. The van der Waals surface area contributed by atoms with Gasteiger partial charge in [0.25, 0.3) is 0 Å². The van der Waals surface area contributed by atoms with E-state index in [-0.39, 0.29) is 5.54 Å². The third-order valence-electron chi connectivity index (χ3n) is 3.86. The fourth-order valence-electron chi connectivity index (χ4n) is 2.69. The summed E-state index contributed by atoms with van der Waals surface area (Å²) in [6.07, 6.45) is 9.38. The summed E-state index contributed by atoms with van der Waals surface area (Å²) in [6, 6.07) is 0.848. The van der Waals surface area contributed by atoms with Crippen molar-refractivity contribution in [3.8, 4) is 0 Å². The predicted molar refractivity (Wildman–Crippen MR) is 55.7 cm³/mol. The van der Waals surface area contributed by atoms with E-state index in [1.807, 2.05) is 0 Å². The number of hydrogen-bond donors (Lipinski definition) is 1. The SMILES string of the molecule is CN(CC1(N)CCCC1)C1CCC1. The van der Waals surface area contributed by atoms with Crippen LogP contribution < -0.4 is 5.73 Å². The molecule has 0 unspecified atom stereocenters. The van der Waals surface area contributed by atoms with Crippen molar-refractivity contribution in [2.75, 3.05) is 13.6 Å². The van der Waals surface area contributed by atoms with Crippen LogP contribution in [0, 0.1) is 0 Å². The number of nitrogens with two attached hydrogens (primary N) is 1. The van der Waals surface area contributed by atoms with Crippen LogP contribution in [0.1, 0.15) is 44.9 Å². The van der Waals surface area contributed by atoms with Crippen LogP contribution in [0.5, 0.6) is 0 Å². The van der Waals surface area contributed by atoms with Crippen LogP contribution in [-0.2, 0) is 0 Å². The molecule has 13 heavy (non-hydrogen) atoms. The van der Waals surface area contributed by atoms with Gasteiger partial charge in [0.05, 0.1) is 0 Å². The third-order valence-corrected chi connectivity index (χ3v) is 3.86. The van der Waals surface area contributed by atoms with Crippen molar-refractivity contribution in [1.82, 2.24) is 4.90 Å². The van der Waals surface area contributed by atoms with E-state index >= 15 is 0 Å². The van der Waals surface area contributed by atoms with Crippen LogP contribution in [0.25, 0.3) is 0 Å². The van der Waals surface area contributed by atoms with Crippen molar-refractivity contribution in [3.63, 3.8) is 0 Å². The molecule has 2 heteroatoms. The van der Waals surface area contributed by atoms with Gasteiger partial charge in [0.15, 0.2) is 0 Å². The zero-order valence-corrected chi connectivity index (χ0v) is 8.76. The van der Waals surface area contributed by atoms with Gasteiger partial charge < -0.3 is 10.6 Å². The van der Waals surface area contributed by atoms with E-state index in [4.69, 9.17) is 5.73 Å². The molecule has 2 aliphatic carbocycles. The van der Waals surface area contributed by atoms with Crippen LogP contribution in [-0.4, -0.2) is 30.1 Å². The number of nitrogens with zero attached hydrogens (tertiary/aromatic N) is 1. The van der Waals surface area contributed by atoms with Gasteiger partial charge in [-0.1, -0.05) is 19.3 Å². The van der Waals surface area contributed by atoms with E-state index in [0.29, 0.717) is 0 Å². The minimum atomic E-state index is 0.157. The lowest BCUT2D eigenvalue weighted by Gasteiger charge is -2.39. The molecule has 0 aliphatic heterocycles. The van der Waals surface area contributed by atoms with Gasteiger partial charge in [-0.3, -0.25) is 0 Å². The molecule has 0 bridgehead atoms. The lowest BCUT2D eigenvalue weighted by molar-refractivity contribution is 0.128. The molecule has 0 atom stereocenters. The second-order valence-corrected chi connectivity index (χ2v) is 5.07. The van der Waals surface area contributed by atoms with Crippen molar-refractivity contribution in [2.45, 2.75) is 56.5 Å². The number of rotatable bonds is 3. The van der Waals surface area contributed by atoms with Crippen molar-refractivity contribution in [2.24, 2.45) is 5.73 Å². The highest BCUT2D eigenvalue weighted by Crippen LogP contribution is 2.30. The Morgan fingerprint density at radius 1 is 1.23 bits per heavy atom. The van der Waals surface area contributed by atoms with E-state index in [1.54, 1.807) is 0 Å². The van der Waals surface area contributed by atoms with Gasteiger partial charge in [0.1, 0.15) is 0 Å². The molecule has 2 nitrogen and oxygen atoms in total. The molecule has 0 spiro atoms. The predicted octanol–water partition coefficient (Wildman–Crippen LogP) is 1.74. The minimum absolute atomic E-state index is 0.157. The average Bonchev–Trinajstić information content (AvgIpc) is 2.31. The van der Waals surface area contributed by atoms with E-state index in [1.165, 1.54) is 44.9 Å². The van der Waals surface area contributed by atoms with Crippen LogP contribution >= 0.6 is 0 Å². The van der Waals surface area contributed by atoms with Crippen LogP contribution in [0.4, 0.5) is 0 Å². The lowest BCUT2D eigenvalue weighted by Crippen LogP contribution is -2.51. The van der Waals surface area contributed by atoms with E-state index in [2.05, 4.69) is 11.9 Å². The van der Waals surface area contributed by atoms with Crippen molar-refractivity contribution in [3.05, 3.63) is 0 Å². The lowest BCUT2D eigenvalue weighted by atomic mass is 9.89. The Morgan fingerprint density at radius 3 is 2.31 bits per heavy atom. The minimum Gasteiger partial charge on any atom is -0.324 e. The highest BCUT2D eigenvalue weighted by atomic mass is 15.2. The molecule has 2 saturated carbocycles. The molecule has 2 fully saturated rings. The van der Waals surface area contributed by atoms with Gasteiger partial charge in [0, 0.05) is 18.1 Å². The molecular weight excluding hydrogens is 160 g/mol.